The molecule has 3 aromatic rings. The Hall–Kier alpha value is -2.03. The van der Waals surface area contributed by atoms with Crippen LogP contribution in [0.15, 0.2) is 36.8 Å². The van der Waals surface area contributed by atoms with Crippen LogP contribution in [0.3, 0.4) is 0 Å². The van der Waals surface area contributed by atoms with Gasteiger partial charge < -0.3 is 23.9 Å². The lowest BCUT2D eigenvalue weighted by Crippen LogP contribution is -2.34. The molecule has 2 fully saturated rings. The maximum Gasteiger partial charge on any atom is 0.164 e. The third-order valence-corrected chi connectivity index (χ3v) is 6.65. The number of ether oxygens (including phenoxy) is 3. The summed E-state index contributed by atoms with van der Waals surface area (Å²) < 4.78 is 20.6. The third kappa shape index (κ3) is 2.73. The molecule has 0 saturated carbocycles. The highest BCUT2D eigenvalue weighted by Crippen LogP contribution is 2.47. The molecule has 30 heavy (non-hydrogen) atoms. The van der Waals surface area contributed by atoms with Crippen molar-refractivity contribution in [3.05, 3.63) is 58.6 Å². The highest BCUT2D eigenvalue weighted by atomic mass is 35.5. The number of hydrogen-bond acceptors (Lipinski definition) is 6. The molecule has 0 amide bonds. The molecule has 0 bridgehead atoms. The molecule has 2 aliphatic heterocycles. The van der Waals surface area contributed by atoms with Crippen LogP contribution in [0.5, 0.6) is 0 Å². The lowest BCUT2D eigenvalue weighted by Gasteiger charge is -2.28. The molecule has 5 atom stereocenters. The van der Waals surface area contributed by atoms with Crippen molar-refractivity contribution in [2.75, 3.05) is 0 Å². The van der Waals surface area contributed by atoms with Crippen molar-refractivity contribution in [1.29, 1.82) is 0 Å². The smallest absolute Gasteiger partial charge is 0.164 e. The zero-order valence-electron chi connectivity index (χ0n) is 16.7. The van der Waals surface area contributed by atoms with Crippen molar-refractivity contribution in [1.82, 2.24) is 14.5 Å². The van der Waals surface area contributed by atoms with Crippen LogP contribution in [-0.2, 0) is 27.1 Å². The first kappa shape index (κ1) is 18.7. The Balaban J connectivity index is 1.38. The van der Waals surface area contributed by atoms with Gasteiger partial charge in [0.25, 0.3) is 0 Å². The summed E-state index contributed by atoms with van der Waals surface area (Å²) in [4.78, 5) is 8.43. The van der Waals surface area contributed by atoms with Crippen LogP contribution in [0.4, 0.5) is 0 Å². The van der Waals surface area contributed by atoms with Gasteiger partial charge in [0.1, 0.15) is 41.5 Å². The van der Waals surface area contributed by atoms with E-state index in [-0.39, 0.29) is 0 Å². The molecule has 156 valence electrons. The minimum absolute atomic E-state index is 0.385. The van der Waals surface area contributed by atoms with E-state index in [0.29, 0.717) is 10.8 Å². The number of halogens is 1. The fourth-order valence-corrected chi connectivity index (χ4v) is 5.01. The van der Waals surface area contributed by atoms with E-state index in [2.05, 4.69) is 22.1 Å². The van der Waals surface area contributed by atoms with Crippen LogP contribution in [0.25, 0.3) is 11.0 Å². The van der Waals surface area contributed by atoms with Crippen molar-refractivity contribution in [3.63, 3.8) is 0 Å². The largest absolute Gasteiger partial charge is 0.386 e. The number of aromatic nitrogens is 3. The Bertz CT molecular complexity index is 1150. The van der Waals surface area contributed by atoms with Gasteiger partial charge in [-0.15, -0.1) is 0 Å². The second-order valence-electron chi connectivity index (χ2n) is 8.65. The van der Waals surface area contributed by atoms with Crippen LogP contribution >= 0.6 is 11.6 Å². The van der Waals surface area contributed by atoms with Crippen LogP contribution in [-0.4, -0.2) is 43.7 Å². The Kier molecular flexibility index (Phi) is 4.04. The van der Waals surface area contributed by atoms with Gasteiger partial charge in [0.15, 0.2) is 12.0 Å². The number of aliphatic hydroxyl groups is 1. The monoisotopic (exact) mass is 427 g/mol. The molecule has 1 aromatic carbocycles. The molecule has 1 aliphatic carbocycles. The molecule has 8 heteroatoms. The van der Waals surface area contributed by atoms with E-state index in [1.807, 2.05) is 36.7 Å². The summed E-state index contributed by atoms with van der Waals surface area (Å²) >= 11 is 6.22. The zero-order valence-corrected chi connectivity index (χ0v) is 17.4. The third-order valence-electron chi connectivity index (χ3n) is 6.35. The van der Waals surface area contributed by atoms with Crippen LogP contribution in [0.1, 0.15) is 42.9 Å². The van der Waals surface area contributed by atoms with Gasteiger partial charge in [0.05, 0.1) is 5.39 Å². The number of aliphatic hydroxyl groups excluding tert-OH is 1. The highest BCUT2D eigenvalue weighted by Gasteiger charge is 2.58. The molecule has 2 saturated heterocycles. The predicted octanol–water partition coefficient (Wildman–Crippen LogP) is 3.33. The summed E-state index contributed by atoms with van der Waals surface area (Å²) in [5, 5.41) is 12.4. The first-order valence-corrected chi connectivity index (χ1v) is 10.6. The Morgan fingerprint density at radius 1 is 1.13 bits per heavy atom. The molecular weight excluding hydrogens is 406 g/mol. The Labute approximate surface area is 178 Å². The molecule has 3 aliphatic rings. The molecule has 1 N–H and O–H groups in total. The first-order valence-electron chi connectivity index (χ1n) is 10.2. The lowest BCUT2D eigenvalue weighted by molar-refractivity contribution is -0.207. The van der Waals surface area contributed by atoms with Gasteiger partial charge in [0, 0.05) is 6.20 Å². The standard InChI is InChI=1S/C22H22ClN3O4/c1-22(2)29-17-16(15(27)13-6-4-11-3-5-12(11)9-13)28-21(18(17)30-22)26-8-7-14-19(23)24-10-25-20(14)26/h4,6-10,15-18,21,27H,3,5H2,1-2H3/t15-,16-,17-,18-,21-/m1/s1. The van der Waals surface area contributed by atoms with E-state index in [1.165, 1.54) is 17.5 Å². The molecule has 2 aromatic heterocycles. The number of benzene rings is 1. The Morgan fingerprint density at radius 3 is 2.70 bits per heavy atom. The van der Waals surface area contributed by atoms with Gasteiger partial charge in [-0.25, -0.2) is 9.97 Å². The van der Waals surface area contributed by atoms with Gasteiger partial charge in [-0.2, -0.15) is 0 Å². The van der Waals surface area contributed by atoms with E-state index in [0.717, 1.165) is 23.8 Å². The summed E-state index contributed by atoms with van der Waals surface area (Å²) in [7, 11) is 0. The average molecular weight is 428 g/mol. The van der Waals surface area contributed by atoms with Crippen LogP contribution in [0, 0.1) is 0 Å². The molecule has 0 unspecified atom stereocenters. The summed E-state index contributed by atoms with van der Waals surface area (Å²) in [5.41, 5.74) is 4.15. The minimum atomic E-state index is -0.828. The van der Waals surface area contributed by atoms with E-state index in [9.17, 15) is 5.11 Å². The first-order chi connectivity index (χ1) is 14.4. The minimum Gasteiger partial charge on any atom is -0.386 e. The fraction of sp³-hybridized carbons (Fsp3) is 0.455. The number of aryl methyl sites for hydroxylation is 2. The van der Waals surface area contributed by atoms with Gasteiger partial charge in [0.2, 0.25) is 0 Å². The summed E-state index contributed by atoms with van der Waals surface area (Å²) in [6, 6.07) is 8.01. The number of rotatable bonds is 3. The van der Waals surface area contributed by atoms with Gasteiger partial charge in [-0.3, -0.25) is 0 Å². The van der Waals surface area contributed by atoms with E-state index >= 15 is 0 Å². The molecule has 7 nitrogen and oxygen atoms in total. The highest BCUT2D eigenvalue weighted by molar-refractivity contribution is 6.33. The zero-order chi connectivity index (χ0) is 20.6. The molecule has 0 radical (unpaired) electrons. The van der Waals surface area contributed by atoms with E-state index in [4.69, 9.17) is 25.8 Å². The Morgan fingerprint density at radius 2 is 1.93 bits per heavy atom. The SMILES string of the molecule is CC1(C)O[C@H]2[C@@H](O1)[C@H](n1ccc3c(Cl)ncnc31)O[C@@H]2[C@H](O)c1ccc2c(c1)CC2. The van der Waals surface area contributed by atoms with Crippen molar-refractivity contribution in [2.45, 2.75) is 63.1 Å². The maximum atomic E-state index is 11.2. The van der Waals surface area contributed by atoms with Crippen LogP contribution in [0.2, 0.25) is 5.15 Å². The lowest BCUT2D eigenvalue weighted by atomic mass is 9.85. The second kappa shape index (κ2) is 6.48. The van der Waals surface area contributed by atoms with Crippen LogP contribution < -0.4 is 0 Å². The van der Waals surface area contributed by atoms with Crippen molar-refractivity contribution in [2.24, 2.45) is 0 Å². The van der Waals surface area contributed by atoms with Gasteiger partial charge in [-0.1, -0.05) is 29.8 Å². The van der Waals surface area contributed by atoms with E-state index in [1.54, 1.807) is 0 Å². The molecule has 4 heterocycles. The fourth-order valence-electron chi connectivity index (χ4n) is 4.82. The number of fused-ring (bicyclic) bond motifs is 3. The van der Waals surface area contributed by atoms with Gasteiger partial charge >= 0.3 is 0 Å². The summed E-state index contributed by atoms with van der Waals surface area (Å²) in [6.07, 6.45) is 2.73. The predicted molar refractivity (Wildman–Crippen MR) is 109 cm³/mol. The topological polar surface area (TPSA) is 78.6 Å². The normalized spacial score (nSPS) is 30.1. The number of hydrogen-bond donors (Lipinski definition) is 1. The maximum absolute atomic E-state index is 11.2. The second-order valence-corrected chi connectivity index (χ2v) is 9.01. The van der Waals surface area contributed by atoms with E-state index < -0.39 is 36.4 Å². The van der Waals surface area contributed by atoms with Crippen molar-refractivity contribution >= 4 is 22.6 Å². The van der Waals surface area contributed by atoms with Crippen molar-refractivity contribution in [3.8, 4) is 0 Å². The number of nitrogens with zero attached hydrogens (tertiary/aromatic N) is 3. The van der Waals surface area contributed by atoms with Crippen molar-refractivity contribution < 1.29 is 19.3 Å². The summed E-state index contributed by atoms with van der Waals surface area (Å²) in [6.45, 7) is 3.76. The molecule has 6 rings (SSSR count). The molecular formula is C22H22ClN3O4. The van der Waals surface area contributed by atoms with Gasteiger partial charge in [-0.05, 0) is 49.4 Å². The molecule has 0 spiro atoms. The quantitative estimate of drug-likeness (QED) is 0.646. The summed E-state index contributed by atoms with van der Waals surface area (Å²) in [5.74, 6) is -0.772. The average Bonchev–Trinajstić information content (AvgIpc) is 3.33.